The number of carboxylic acids is 1. The molecule has 3 N–H and O–H groups in total. The summed E-state index contributed by atoms with van der Waals surface area (Å²) in [5.41, 5.74) is 1.59. The number of carboxylic acid groups (broad SMARTS) is 1. The van der Waals surface area contributed by atoms with E-state index in [0.717, 1.165) is 67.2 Å². The Morgan fingerprint density at radius 2 is 1.65 bits per heavy atom. The van der Waals surface area contributed by atoms with Crippen molar-refractivity contribution in [3.8, 4) is 0 Å². The second kappa shape index (κ2) is 18.5. The predicted molar refractivity (Wildman–Crippen MR) is 198 cm³/mol. The Bertz CT molecular complexity index is 1610. The molecule has 1 aromatic heterocycles. The van der Waals surface area contributed by atoms with Crippen LogP contribution in [0.15, 0.2) is 54.6 Å². The zero-order chi connectivity index (χ0) is 37.1. The van der Waals surface area contributed by atoms with E-state index in [9.17, 15) is 22.8 Å². The lowest BCUT2D eigenvalue weighted by Gasteiger charge is -2.35. The van der Waals surface area contributed by atoms with Crippen molar-refractivity contribution in [3.05, 3.63) is 70.6 Å². The molecule has 12 heteroatoms. The number of aliphatic carboxylic acids is 1. The molecule has 2 saturated heterocycles. The van der Waals surface area contributed by atoms with Crippen molar-refractivity contribution in [2.75, 3.05) is 32.8 Å². The number of fused-ring (bicyclic) bond motifs is 1. The van der Waals surface area contributed by atoms with Gasteiger partial charge in [0.15, 0.2) is 0 Å². The molecule has 3 aliphatic rings. The highest BCUT2D eigenvalue weighted by Crippen LogP contribution is 2.33. The van der Waals surface area contributed by atoms with E-state index in [4.69, 9.17) is 14.6 Å². The fourth-order valence-electron chi connectivity index (χ4n) is 7.77. The minimum Gasteiger partial charge on any atom is -0.475 e. The third-order valence-electron chi connectivity index (χ3n) is 10.8. The van der Waals surface area contributed by atoms with Crippen molar-refractivity contribution < 1.29 is 37.4 Å². The fourth-order valence-corrected chi connectivity index (χ4v) is 8.82. The molecule has 0 unspecified atom stereocenters. The number of likely N-dealkylation sites (tertiary alicyclic amines) is 1. The molecule has 1 atom stereocenters. The Balaban J connectivity index is 0.000000679. The first-order valence-electron chi connectivity index (χ1n) is 18.7. The van der Waals surface area contributed by atoms with Crippen LogP contribution in [0.1, 0.15) is 91.4 Å². The van der Waals surface area contributed by atoms with Gasteiger partial charge in [-0.25, -0.2) is 4.79 Å². The average molecular weight is 744 g/mol. The Hall–Kier alpha value is -3.48. The van der Waals surface area contributed by atoms with Gasteiger partial charge in [-0.3, -0.25) is 9.59 Å². The number of hydrogen-bond acceptors (Lipinski definition) is 6. The third-order valence-corrected chi connectivity index (χ3v) is 11.9. The normalized spacial score (nSPS) is 19.1. The molecule has 1 aliphatic carbocycles. The first kappa shape index (κ1) is 39.7. The molecular weight excluding hydrogens is 692 g/mol. The van der Waals surface area contributed by atoms with Crippen molar-refractivity contribution in [1.29, 1.82) is 0 Å². The lowest BCUT2D eigenvalue weighted by Crippen LogP contribution is -2.59. The molecule has 1 saturated carbocycles. The largest absolute Gasteiger partial charge is 0.490 e. The highest BCUT2D eigenvalue weighted by atomic mass is 32.1. The first-order valence-corrected chi connectivity index (χ1v) is 19.5. The van der Waals surface area contributed by atoms with Gasteiger partial charge in [0.2, 0.25) is 5.91 Å². The summed E-state index contributed by atoms with van der Waals surface area (Å²) in [4.78, 5) is 39.9. The summed E-state index contributed by atoms with van der Waals surface area (Å²) >= 11 is 1.51. The number of amides is 2. The molecule has 2 aliphatic heterocycles. The molecular formula is C40H52F3N3O5S. The van der Waals surface area contributed by atoms with Gasteiger partial charge < -0.3 is 25.4 Å². The topological polar surface area (TPSA) is 108 Å². The Kier molecular flexibility index (Phi) is 14.1. The van der Waals surface area contributed by atoms with Crippen LogP contribution in [-0.2, 0) is 20.7 Å². The molecule has 3 heterocycles. The quantitative estimate of drug-likeness (QED) is 0.174. The molecule has 0 radical (unpaired) electrons. The standard InChI is InChI=1S/C38H51N3O3S.C2HF3O2/c1-28-12-13-32-26-35(45-34(32)24-28)36(42)40-38(18-5-6-19-38)37(43)39-33(25-30-8-3-2-4-9-30)11-7-10-29-14-20-41(21-15-29)27-31-16-22-44-23-17-31;3-2(4,5)1(6)7/h2-4,8-9,12-13,24,26,29,31,33H,5-7,10-11,14-23,25,27H2,1H3,(H,39,43)(H,40,42);(H,6,7)/t33-;/m0./s1. The molecule has 2 aromatic carbocycles. The number of carbonyl (C=O) groups is 3. The summed E-state index contributed by atoms with van der Waals surface area (Å²) in [6.07, 6.45) is 7.32. The van der Waals surface area contributed by atoms with Gasteiger partial charge in [-0.15, -0.1) is 11.3 Å². The van der Waals surface area contributed by atoms with Crippen LogP contribution in [0.3, 0.4) is 0 Å². The van der Waals surface area contributed by atoms with E-state index in [2.05, 4.69) is 64.9 Å². The highest BCUT2D eigenvalue weighted by molar-refractivity contribution is 7.20. The Labute approximate surface area is 308 Å². The van der Waals surface area contributed by atoms with E-state index in [0.29, 0.717) is 17.7 Å². The molecule has 2 amide bonds. The predicted octanol–water partition coefficient (Wildman–Crippen LogP) is 7.92. The number of piperidine rings is 1. The molecule has 0 spiro atoms. The smallest absolute Gasteiger partial charge is 0.475 e. The summed E-state index contributed by atoms with van der Waals surface area (Å²) < 4.78 is 38.4. The molecule has 284 valence electrons. The molecule has 52 heavy (non-hydrogen) atoms. The van der Waals surface area contributed by atoms with Gasteiger partial charge in [-0.2, -0.15) is 13.2 Å². The summed E-state index contributed by atoms with van der Waals surface area (Å²) in [6.45, 7) is 7.60. The lowest BCUT2D eigenvalue weighted by atomic mass is 9.88. The van der Waals surface area contributed by atoms with Crippen molar-refractivity contribution in [1.82, 2.24) is 15.5 Å². The first-order chi connectivity index (χ1) is 24.9. The number of hydrogen-bond donors (Lipinski definition) is 3. The van der Waals surface area contributed by atoms with Crippen molar-refractivity contribution in [2.45, 2.75) is 102 Å². The number of aryl methyl sites for hydroxylation is 1. The van der Waals surface area contributed by atoms with Gasteiger partial charge in [-0.1, -0.05) is 68.1 Å². The second-order valence-electron chi connectivity index (χ2n) is 14.8. The number of nitrogens with one attached hydrogen (secondary N) is 2. The van der Waals surface area contributed by atoms with Crippen LogP contribution in [0.2, 0.25) is 0 Å². The monoisotopic (exact) mass is 743 g/mol. The van der Waals surface area contributed by atoms with Crippen molar-refractivity contribution in [2.24, 2.45) is 11.8 Å². The zero-order valence-electron chi connectivity index (χ0n) is 30.0. The van der Waals surface area contributed by atoms with Crippen LogP contribution in [0.25, 0.3) is 10.1 Å². The van der Waals surface area contributed by atoms with E-state index >= 15 is 0 Å². The number of rotatable bonds is 12. The number of carbonyl (C=O) groups excluding carboxylic acids is 2. The Morgan fingerprint density at radius 3 is 2.31 bits per heavy atom. The molecule has 8 nitrogen and oxygen atoms in total. The van der Waals surface area contributed by atoms with Gasteiger partial charge in [0, 0.05) is 30.5 Å². The number of alkyl halides is 3. The minimum atomic E-state index is -5.08. The molecule has 3 fully saturated rings. The van der Waals surface area contributed by atoms with Crippen LogP contribution in [-0.4, -0.2) is 78.4 Å². The van der Waals surface area contributed by atoms with Gasteiger partial charge in [0.1, 0.15) is 5.54 Å². The van der Waals surface area contributed by atoms with Crippen LogP contribution in [0, 0.1) is 18.8 Å². The SMILES string of the molecule is Cc1ccc2cc(C(=O)NC3(C(=O)N[C@@H](CCCC4CCN(CC5CCOCC5)CC4)Cc4ccccc4)CCCC3)sc2c1.O=C(O)C(F)(F)F. The van der Waals surface area contributed by atoms with Gasteiger partial charge in [0.05, 0.1) is 4.88 Å². The number of halogens is 3. The van der Waals surface area contributed by atoms with Gasteiger partial charge in [-0.05, 0) is 112 Å². The minimum absolute atomic E-state index is 0.00680. The summed E-state index contributed by atoms with van der Waals surface area (Å²) in [7, 11) is 0. The summed E-state index contributed by atoms with van der Waals surface area (Å²) in [6, 6.07) is 18.8. The average Bonchev–Trinajstić information content (AvgIpc) is 3.78. The molecule has 3 aromatic rings. The zero-order valence-corrected chi connectivity index (χ0v) is 30.8. The van der Waals surface area contributed by atoms with E-state index in [-0.39, 0.29) is 17.9 Å². The number of nitrogens with zero attached hydrogens (tertiary/aromatic N) is 1. The Morgan fingerprint density at radius 1 is 0.981 bits per heavy atom. The highest BCUT2D eigenvalue weighted by Gasteiger charge is 2.43. The molecule has 6 rings (SSSR count). The van der Waals surface area contributed by atoms with Gasteiger partial charge in [0.25, 0.3) is 5.91 Å². The number of ether oxygens (including phenoxy) is 1. The fraction of sp³-hybridized carbons (Fsp3) is 0.575. The van der Waals surface area contributed by atoms with Crippen LogP contribution in [0.5, 0.6) is 0 Å². The van der Waals surface area contributed by atoms with Gasteiger partial charge >= 0.3 is 12.1 Å². The van der Waals surface area contributed by atoms with E-state index in [1.807, 2.05) is 12.1 Å². The van der Waals surface area contributed by atoms with Crippen LogP contribution >= 0.6 is 11.3 Å². The van der Waals surface area contributed by atoms with E-state index < -0.39 is 17.7 Å². The lowest BCUT2D eigenvalue weighted by molar-refractivity contribution is -0.192. The number of thiophene rings is 1. The van der Waals surface area contributed by atoms with E-state index in [1.165, 1.54) is 74.2 Å². The van der Waals surface area contributed by atoms with Crippen LogP contribution < -0.4 is 10.6 Å². The maximum Gasteiger partial charge on any atom is 0.490 e. The van der Waals surface area contributed by atoms with Crippen molar-refractivity contribution in [3.63, 3.8) is 0 Å². The molecule has 0 bridgehead atoms. The summed E-state index contributed by atoms with van der Waals surface area (Å²) in [5, 5.41) is 14.9. The van der Waals surface area contributed by atoms with Crippen molar-refractivity contribution >= 4 is 39.2 Å². The van der Waals surface area contributed by atoms with E-state index in [1.54, 1.807) is 0 Å². The third kappa shape index (κ3) is 11.5. The maximum absolute atomic E-state index is 14.1. The maximum atomic E-state index is 14.1. The second-order valence-corrected chi connectivity index (χ2v) is 15.9. The summed E-state index contributed by atoms with van der Waals surface area (Å²) in [5.74, 6) is -1.32. The number of benzene rings is 2. The van der Waals surface area contributed by atoms with Crippen LogP contribution in [0.4, 0.5) is 13.2 Å².